The average Bonchev–Trinajstić information content (AvgIpc) is 2.89. The maximum Gasteiger partial charge on any atom is 0.0521 e. The van der Waals surface area contributed by atoms with Crippen LogP contribution in [0.15, 0.2) is 52.3 Å². The lowest BCUT2D eigenvalue weighted by molar-refractivity contribution is 0.440. The topological polar surface area (TPSA) is 24.1 Å². The molecule has 2 aliphatic heterocycles. The highest BCUT2D eigenvalue weighted by atomic mass is 32.2. The van der Waals surface area contributed by atoms with Gasteiger partial charge in [-0.25, -0.2) is 0 Å². The number of benzene rings is 2. The van der Waals surface area contributed by atoms with Crippen molar-refractivity contribution in [2.24, 2.45) is 0 Å². The zero-order valence-electron chi connectivity index (χ0n) is 12.2. The van der Waals surface area contributed by atoms with Crippen LogP contribution in [0.2, 0.25) is 0 Å². The Morgan fingerprint density at radius 1 is 1.10 bits per heavy atom. The van der Waals surface area contributed by atoms with Crippen LogP contribution in [0.5, 0.6) is 0 Å². The van der Waals surface area contributed by atoms with Crippen LogP contribution in [0.1, 0.15) is 23.5 Å². The molecule has 0 radical (unpaired) electrons. The molecule has 4 rings (SSSR count). The van der Waals surface area contributed by atoms with Crippen LogP contribution in [0.4, 0.5) is 5.69 Å². The monoisotopic (exact) mass is 296 g/mol. The van der Waals surface area contributed by atoms with Gasteiger partial charge in [0.15, 0.2) is 0 Å². The van der Waals surface area contributed by atoms with Crippen molar-refractivity contribution in [1.82, 2.24) is 5.32 Å². The third-order valence-electron chi connectivity index (χ3n) is 4.52. The highest BCUT2D eigenvalue weighted by molar-refractivity contribution is 7.99. The van der Waals surface area contributed by atoms with Crippen LogP contribution in [0.3, 0.4) is 0 Å². The SMILES string of the molecule is Cc1ccc(Sc2cccc3c2N[C@@H]2CCNC[C@@H]32)cc1. The summed E-state index contributed by atoms with van der Waals surface area (Å²) >= 11 is 1.86. The average molecular weight is 296 g/mol. The van der Waals surface area contributed by atoms with E-state index in [-0.39, 0.29) is 0 Å². The molecule has 1 saturated heterocycles. The first kappa shape index (κ1) is 13.2. The summed E-state index contributed by atoms with van der Waals surface area (Å²) in [6.45, 7) is 4.36. The highest BCUT2D eigenvalue weighted by Crippen LogP contribution is 2.45. The molecule has 0 aliphatic carbocycles. The number of rotatable bonds is 2. The Kier molecular flexibility index (Phi) is 3.40. The predicted molar refractivity (Wildman–Crippen MR) is 89.4 cm³/mol. The van der Waals surface area contributed by atoms with Gasteiger partial charge in [-0.3, -0.25) is 0 Å². The van der Waals surface area contributed by atoms with Crippen molar-refractivity contribution in [3.8, 4) is 0 Å². The fourth-order valence-corrected chi connectivity index (χ4v) is 4.32. The zero-order valence-corrected chi connectivity index (χ0v) is 13.0. The third-order valence-corrected chi connectivity index (χ3v) is 5.59. The minimum atomic E-state index is 0.612. The number of nitrogens with one attached hydrogen (secondary N) is 2. The van der Waals surface area contributed by atoms with Crippen LogP contribution in [0.25, 0.3) is 0 Å². The smallest absolute Gasteiger partial charge is 0.0521 e. The summed E-state index contributed by atoms with van der Waals surface area (Å²) < 4.78 is 0. The molecule has 2 atom stereocenters. The van der Waals surface area contributed by atoms with E-state index in [9.17, 15) is 0 Å². The number of aryl methyl sites for hydroxylation is 1. The van der Waals surface area contributed by atoms with E-state index in [0.29, 0.717) is 12.0 Å². The minimum absolute atomic E-state index is 0.612. The fourth-order valence-electron chi connectivity index (χ4n) is 3.37. The van der Waals surface area contributed by atoms with E-state index in [4.69, 9.17) is 0 Å². The Morgan fingerprint density at radius 3 is 2.81 bits per heavy atom. The summed E-state index contributed by atoms with van der Waals surface area (Å²) in [6, 6.07) is 16.1. The van der Waals surface area contributed by atoms with Crippen LogP contribution < -0.4 is 10.6 Å². The molecule has 2 aliphatic rings. The first-order valence-corrected chi connectivity index (χ1v) is 8.47. The molecule has 2 N–H and O–H groups in total. The van der Waals surface area contributed by atoms with Gasteiger partial charge < -0.3 is 10.6 Å². The van der Waals surface area contributed by atoms with Gasteiger partial charge in [0.2, 0.25) is 0 Å². The van der Waals surface area contributed by atoms with Crippen LogP contribution in [-0.4, -0.2) is 19.1 Å². The van der Waals surface area contributed by atoms with E-state index in [1.807, 2.05) is 11.8 Å². The van der Waals surface area contributed by atoms with Crippen molar-refractivity contribution >= 4 is 17.4 Å². The molecular formula is C18H20N2S. The number of piperidine rings is 1. The third kappa shape index (κ3) is 2.45. The van der Waals surface area contributed by atoms with Crippen molar-refractivity contribution in [2.45, 2.75) is 35.1 Å². The number of hydrogen-bond donors (Lipinski definition) is 2. The van der Waals surface area contributed by atoms with E-state index in [1.54, 1.807) is 0 Å². The summed E-state index contributed by atoms with van der Waals surface area (Å²) in [5.74, 6) is 0.632. The quantitative estimate of drug-likeness (QED) is 0.875. The van der Waals surface area contributed by atoms with Gasteiger partial charge in [0.25, 0.3) is 0 Å². The Bertz CT molecular complexity index is 651. The first-order chi connectivity index (χ1) is 10.3. The molecule has 108 valence electrons. The molecule has 3 heteroatoms. The second-order valence-electron chi connectivity index (χ2n) is 5.99. The molecule has 1 fully saturated rings. The van der Waals surface area contributed by atoms with E-state index in [1.165, 1.54) is 33.0 Å². The summed E-state index contributed by atoms with van der Waals surface area (Å²) in [4.78, 5) is 2.66. The second-order valence-corrected chi connectivity index (χ2v) is 7.10. The van der Waals surface area contributed by atoms with Crippen molar-refractivity contribution in [1.29, 1.82) is 0 Å². The van der Waals surface area contributed by atoms with Gasteiger partial charge in [-0.15, -0.1) is 0 Å². The lowest BCUT2D eigenvalue weighted by Crippen LogP contribution is -2.38. The lowest BCUT2D eigenvalue weighted by Gasteiger charge is -2.26. The van der Waals surface area contributed by atoms with Gasteiger partial charge in [-0.2, -0.15) is 0 Å². The standard InChI is InChI=1S/C18H20N2S/c1-12-5-7-13(8-6-12)21-17-4-2-3-14-15-11-19-10-9-16(15)20-18(14)17/h2-8,15-16,19-20H,9-11H2,1H3/t15-,16+/m0/s1. The molecule has 0 saturated carbocycles. The molecular weight excluding hydrogens is 276 g/mol. The molecule has 2 aromatic carbocycles. The van der Waals surface area contributed by atoms with Crippen LogP contribution >= 0.6 is 11.8 Å². The molecule has 21 heavy (non-hydrogen) atoms. The molecule has 0 amide bonds. The Morgan fingerprint density at radius 2 is 1.95 bits per heavy atom. The van der Waals surface area contributed by atoms with Crippen molar-refractivity contribution < 1.29 is 0 Å². The van der Waals surface area contributed by atoms with Crippen molar-refractivity contribution in [3.63, 3.8) is 0 Å². The van der Waals surface area contributed by atoms with E-state index < -0.39 is 0 Å². The summed E-state index contributed by atoms with van der Waals surface area (Å²) in [7, 11) is 0. The van der Waals surface area contributed by atoms with Gasteiger partial charge in [-0.1, -0.05) is 41.6 Å². The number of para-hydroxylation sites is 1. The van der Waals surface area contributed by atoms with Gasteiger partial charge in [0, 0.05) is 28.3 Å². The molecule has 0 aromatic heterocycles. The minimum Gasteiger partial charge on any atom is -0.380 e. The Labute approximate surface area is 130 Å². The Balaban J connectivity index is 1.66. The number of hydrogen-bond acceptors (Lipinski definition) is 3. The van der Waals surface area contributed by atoms with Gasteiger partial charge >= 0.3 is 0 Å². The summed E-state index contributed by atoms with van der Waals surface area (Å²) in [5.41, 5.74) is 4.17. The largest absolute Gasteiger partial charge is 0.380 e. The van der Waals surface area contributed by atoms with Gasteiger partial charge in [-0.05, 0) is 43.7 Å². The maximum atomic E-state index is 3.78. The van der Waals surface area contributed by atoms with Gasteiger partial charge in [0.05, 0.1) is 5.69 Å². The molecule has 2 nitrogen and oxygen atoms in total. The highest BCUT2D eigenvalue weighted by Gasteiger charge is 2.34. The number of anilines is 1. The van der Waals surface area contributed by atoms with E-state index >= 15 is 0 Å². The Hall–Kier alpha value is -1.45. The van der Waals surface area contributed by atoms with Crippen LogP contribution in [-0.2, 0) is 0 Å². The first-order valence-electron chi connectivity index (χ1n) is 7.66. The zero-order chi connectivity index (χ0) is 14.2. The van der Waals surface area contributed by atoms with Crippen molar-refractivity contribution in [2.75, 3.05) is 18.4 Å². The summed E-state index contributed by atoms with van der Waals surface area (Å²) in [6.07, 6.45) is 1.22. The van der Waals surface area contributed by atoms with E-state index in [0.717, 1.165) is 13.1 Å². The predicted octanol–water partition coefficient (Wildman–Crippen LogP) is 4.02. The molecule has 0 unspecified atom stereocenters. The number of fused-ring (bicyclic) bond motifs is 3. The molecule has 2 heterocycles. The molecule has 0 bridgehead atoms. The lowest BCUT2D eigenvalue weighted by atomic mass is 9.91. The van der Waals surface area contributed by atoms with Crippen LogP contribution in [0, 0.1) is 6.92 Å². The molecule has 2 aromatic rings. The normalized spacial score (nSPS) is 23.3. The van der Waals surface area contributed by atoms with E-state index in [2.05, 4.69) is 60.0 Å². The van der Waals surface area contributed by atoms with Gasteiger partial charge in [0.1, 0.15) is 0 Å². The summed E-state index contributed by atoms with van der Waals surface area (Å²) in [5, 5.41) is 7.30. The molecule has 0 spiro atoms. The maximum absolute atomic E-state index is 3.78. The second kappa shape index (κ2) is 5.39. The van der Waals surface area contributed by atoms with Crippen molar-refractivity contribution in [3.05, 3.63) is 53.6 Å². The fraction of sp³-hybridized carbons (Fsp3) is 0.333.